The fourth-order valence-electron chi connectivity index (χ4n) is 2.40. The number of nitrogens with zero attached hydrogens (tertiary/aromatic N) is 1. The van der Waals surface area contributed by atoms with E-state index in [1.165, 1.54) is 51.9 Å². The Hall–Kier alpha value is -0.0800. The molecule has 1 heterocycles. The molecule has 0 spiro atoms. The summed E-state index contributed by atoms with van der Waals surface area (Å²) in [7, 11) is 0. The van der Waals surface area contributed by atoms with E-state index in [2.05, 4.69) is 37.9 Å². The third-order valence-electron chi connectivity index (χ3n) is 3.69. The van der Waals surface area contributed by atoms with Crippen LogP contribution in [0.25, 0.3) is 0 Å². The van der Waals surface area contributed by atoms with Crippen molar-refractivity contribution >= 4 is 0 Å². The minimum Gasteiger partial charge on any atom is -0.313 e. The van der Waals surface area contributed by atoms with Crippen LogP contribution in [0.1, 0.15) is 53.4 Å². The molecule has 2 heteroatoms. The molecular formula is C15H32N2. The van der Waals surface area contributed by atoms with Gasteiger partial charge in [0.2, 0.25) is 0 Å². The summed E-state index contributed by atoms with van der Waals surface area (Å²) < 4.78 is 0. The molecular weight excluding hydrogens is 208 g/mol. The maximum absolute atomic E-state index is 3.62. The van der Waals surface area contributed by atoms with Gasteiger partial charge in [0, 0.05) is 12.6 Å². The van der Waals surface area contributed by atoms with Crippen molar-refractivity contribution in [2.45, 2.75) is 59.4 Å². The van der Waals surface area contributed by atoms with Gasteiger partial charge in [-0.3, -0.25) is 0 Å². The second-order valence-electron chi connectivity index (χ2n) is 6.46. The van der Waals surface area contributed by atoms with Gasteiger partial charge in [0.1, 0.15) is 0 Å². The van der Waals surface area contributed by atoms with Crippen molar-refractivity contribution in [2.24, 2.45) is 11.8 Å². The highest BCUT2D eigenvalue weighted by atomic mass is 15.1. The molecule has 1 aliphatic rings. The monoisotopic (exact) mass is 240 g/mol. The minimum atomic E-state index is 0.759. The van der Waals surface area contributed by atoms with Crippen molar-refractivity contribution in [3.63, 3.8) is 0 Å². The summed E-state index contributed by atoms with van der Waals surface area (Å²) in [6.07, 6.45) is 5.42. The number of hydrogen-bond donors (Lipinski definition) is 1. The lowest BCUT2D eigenvalue weighted by Crippen LogP contribution is -2.39. The molecule has 0 aromatic rings. The second kappa shape index (κ2) is 8.10. The zero-order chi connectivity index (χ0) is 12.7. The molecule has 2 nitrogen and oxygen atoms in total. The molecule has 1 atom stereocenters. The lowest BCUT2D eigenvalue weighted by molar-refractivity contribution is 0.224. The smallest absolute Gasteiger partial charge is 0.0195 e. The molecule has 1 rings (SSSR count). The van der Waals surface area contributed by atoms with E-state index >= 15 is 0 Å². The van der Waals surface area contributed by atoms with Crippen molar-refractivity contribution in [1.82, 2.24) is 10.2 Å². The maximum atomic E-state index is 3.62. The molecule has 102 valence electrons. The summed E-state index contributed by atoms with van der Waals surface area (Å²) in [5.74, 6) is 1.65. The van der Waals surface area contributed by atoms with Crippen LogP contribution < -0.4 is 5.32 Å². The summed E-state index contributed by atoms with van der Waals surface area (Å²) in [4.78, 5) is 2.68. The Labute approximate surface area is 108 Å². The molecule has 0 amide bonds. The quantitative estimate of drug-likeness (QED) is 0.701. The fraction of sp³-hybridized carbons (Fsp3) is 1.00. The predicted octanol–water partition coefficient (Wildman–Crippen LogP) is 3.13. The van der Waals surface area contributed by atoms with E-state index in [0.29, 0.717) is 0 Å². The Kier molecular flexibility index (Phi) is 7.14. The first-order chi connectivity index (χ1) is 8.08. The molecule has 0 saturated carbocycles. The van der Waals surface area contributed by atoms with Gasteiger partial charge in [0.25, 0.3) is 0 Å². The standard InChI is InChI=1S/C15H32N2/c1-13(2)7-10-17(11-8-14(3)4)12-15-6-5-9-16-15/h13-16H,5-12H2,1-4H3/t15-/m1/s1. The minimum absolute atomic E-state index is 0.759. The van der Waals surface area contributed by atoms with Gasteiger partial charge in [-0.2, -0.15) is 0 Å². The van der Waals surface area contributed by atoms with Crippen LogP contribution in [0.4, 0.5) is 0 Å². The highest BCUT2D eigenvalue weighted by molar-refractivity contribution is 4.78. The Morgan fingerprint density at radius 3 is 2.06 bits per heavy atom. The highest BCUT2D eigenvalue weighted by Crippen LogP contribution is 2.11. The van der Waals surface area contributed by atoms with Gasteiger partial charge >= 0.3 is 0 Å². The van der Waals surface area contributed by atoms with Gasteiger partial charge in [-0.25, -0.2) is 0 Å². The first kappa shape index (κ1) is 15.0. The third-order valence-corrected chi connectivity index (χ3v) is 3.69. The Balaban J connectivity index is 2.28. The molecule has 0 aromatic heterocycles. The topological polar surface area (TPSA) is 15.3 Å². The molecule has 0 aromatic carbocycles. The van der Waals surface area contributed by atoms with Crippen LogP contribution >= 0.6 is 0 Å². The lowest BCUT2D eigenvalue weighted by atomic mass is 10.1. The van der Waals surface area contributed by atoms with Crippen LogP contribution in [0.15, 0.2) is 0 Å². The number of nitrogens with one attached hydrogen (secondary N) is 1. The van der Waals surface area contributed by atoms with Crippen molar-refractivity contribution in [1.29, 1.82) is 0 Å². The number of rotatable bonds is 8. The average Bonchev–Trinajstić information content (AvgIpc) is 2.74. The Morgan fingerprint density at radius 2 is 1.65 bits per heavy atom. The van der Waals surface area contributed by atoms with Gasteiger partial charge < -0.3 is 10.2 Å². The predicted molar refractivity (Wildman–Crippen MR) is 76.4 cm³/mol. The molecule has 1 saturated heterocycles. The summed E-state index contributed by atoms with van der Waals surface area (Å²) >= 11 is 0. The van der Waals surface area contributed by atoms with Crippen LogP contribution in [-0.2, 0) is 0 Å². The zero-order valence-electron chi connectivity index (χ0n) is 12.3. The van der Waals surface area contributed by atoms with Crippen LogP contribution in [-0.4, -0.2) is 37.1 Å². The normalized spacial score (nSPS) is 21.0. The van der Waals surface area contributed by atoms with E-state index in [1.807, 2.05) is 0 Å². The van der Waals surface area contributed by atoms with Gasteiger partial charge in [0.05, 0.1) is 0 Å². The van der Waals surface area contributed by atoms with E-state index in [1.54, 1.807) is 0 Å². The molecule has 1 aliphatic heterocycles. The van der Waals surface area contributed by atoms with Crippen molar-refractivity contribution in [2.75, 3.05) is 26.2 Å². The summed E-state index contributed by atoms with van der Waals surface area (Å²) in [6, 6.07) is 0.759. The van der Waals surface area contributed by atoms with Crippen molar-refractivity contribution in [3.05, 3.63) is 0 Å². The van der Waals surface area contributed by atoms with Gasteiger partial charge in [0.15, 0.2) is 0 Å². The second-order valence-corrected chi connectivity index (χ2v) is 6.46. The highest BCUT2D eigenvalue weighted by Gasteiger charge is 2.17. The SMILES string of the molecule is CC(C)CCN(CCC(C)C)C[C@H]1CCCN1. The fourth-order valence-corrected chi connectivity index (χ4v) is 2.40. The van der Waals surface area contributed by atoms with Crippen LogP contribution in [0.3, 0.4) is 0 Å². The van der Waals surface area contributed by atoms with Crippen LogP contribution in [0.5, 0.6) is 0 Å². The summed E-state index contributed by atoms with van der Waals surface area (Å²) in [5, 5.41) is 3.62. The Bertz CT molecular complexity index is 171. The van der Waals surface area contributed by atoms with E-state index in [9.17, 15) is 0 Å². The summed E-state index contributed by atoms with van der Waals surface area (Å²) in [6.45, 7) is 14.4. The van der Waals surface area contributed by atoms with Crippen LogP contribution in [0.2, 0.25) is 0 Å². The third kappa shape index (κ3) is 7.05. The zero-order valence-corrected chi connectivity index (χ0v) is 12.3. The first-order valence-corrected chi connectivity index (χ1v) is 7.53. The molecule has 0 radical (unpaired) electrons. The maximum Gasteiger partial charge on any atom is 0.0195 e. The molecule has 1 N–H and O–H groups in total. The first-order valence-electron chi connectivity index (χ1n) is 7.53. The van der Waals surface area contributed by atoms with Gasteiger partial charge in [-0.1, -0.05) is 27.7 Å². The van der Waals surface area contributed by atoms with E-state index in [-0.39, 0.29) is 0 Å². The van der Waals surface area contributed by atoms with Crippen molar-refractivity contribution in [3.8, 4) is 0 Å². The molecule has 0 unspecified atom stereocenters. The van der Waals surface area contributed by atoms with Crippen LogP contribution in [0, 0.1) is 11.8 Å². The largest absolute Gasteiger partial charge is 0.313 e. The molecule has 17 heavy (non-hydrogen) atoms. The van der Waals surface area contributed by atoms with E-state index in [0.717, 1.165) is 17.9 Å². The molecule has 1 fully saturated rings. The average molecular weight is 240 g/mol. The molecule has 0 aliphatic carbocycles. The van der Waals surface area contributed by atoms with Crippen molar-refractivity contribution < 1.29 is 0 Å². The Morgan fingerprint density at radius 1 is 1.06 bits per heavy atom. The number of hydrogen-bond acceptors (Lipinski definition) is 2. The molecule has 0 bridgehead atoms. The van der Waals surface area contributed by atoms with Gasteiger partial charge in [-0.15, -0.1) is 0 Å². The summed E-state index contributed by atoms with van der Waals surface area (Å²) in [5.41, 5.74) is 0. The van der Waals surface area contributed by atoms with Gasteiger partial charge in [-0.05, 0) is 57.2 Å². The van der Waals surface area contributed by atoms with E-state index < -0.39 is 0 Å². The lowest BCUT2D eigenvalue weighted by Gasteiger charge is -2.27. The van der Waals surface area contributed by atoms with E-state index in [4.69, 9.17) is 0 Å².